The van der Waals surface area contributed by atoms with Crippen LogP contribution in [0.1, 0.15) is 42.1 Å². The lowest BCUT2D eigenvalue weighted by atomic mass is 10.0. The van der Waals surface area contributed by atoms with Gasteiger partial charge in [-0.1, -0.05) is 29.3 Å². The smallest absolute Gasteiger partial charge is 0.255 e. The Kier molecular flexibility index (Phi) is 5.82. The molecule has 1 atom stereocenters. The quantitative estimate of drug-likeness (QED) is 0.752. The van der Waals surface area contributed by atoms with Gasteiger partial charge in [0.15, 0.2) is 5.75 Å². The van der Waals surface area contributed by atoms with E-state index < -0.39 is 0 Å². The molecule has 0 bridgehead atoms. The molecule has 4 nitrogen and oxygen atoms in total. The van der Waals surface area contributed by atoms with Crippen molar-refractivity contribution in [1.29, 1.82) is 0 Å². The van der Waals surface area contributed by atoms with Crippen LogP contribution >= 0.6 is 23.2 Å². The molecule has 25 heavy (non-hydrogen) atoms. The number of aromatic nitrogens is 1. The Hall–Kier alpha value is -1.78. The Morgan fingerprint density at radius 2 is 2.04 bits per heavy atom. The molecule has 1 aliphatic rings. The minimum absolute atomic E-state index is 0.0253. The minimum atomic E-state index is 0.0253. The number of para-hydroxylation sites is 1. The number of hydrogen-bond acceptors (Lipinski definition) is 3. The Balaban J connectivity index is 1.72. The van der Waals surface area contributed by atoms with Crippen LogP contribution in [-0.2, 0) is 6.61 Å². The van der Waals surface area contributed by atoms with Crippen molar-refractivity contribution in [3.8, 4) is 5.75 Å². The van der Waals surface area contributed by atoms with Crippen LogP contribution in [0, 0.1) is 0 Å². The van der Waals surface area contributed by atoms with E-state index in [1.54, 1.807) is 30.6 Å². The monoisotopic (exact) mass is 378 g/mol. The molecule has 1 aromatic carbocycles. The summed E-state index contributed by atoms with van der Waals surface area (Å²) < 4.78 is 5.73. The van der Waals surface area contributed by atoms with Gasteiger partial charge in [-0.3, -0.25) is 9.78 Å². The number of ether oxygens (including phenoxy) is 1. The summed E-state index contributed by atoms with van der Waals surface area (Å²) in [6, 6.07) is 7.29. The average molecular weight is 379 g/mol. The molecule has 0 saturated carbocycles. The van der Waals surface area contributed by atoms with Gasteiger partial charge in [-0.05, 0) is 44.4 Å². The summed E-state index contributed by atoms with van der Waals surface area (Å²) in [6.45, 7) is 3.14. The maximum absolute atomic E-state index is 12.7. The number of piperidine rings is 1. The van der Waals surface area contributed by atoms with Gasteiger partial charge in [0.05, 0.1) is 15.6 Å². The van der Waals surface area contributed by atoms with Crippen molar-refractivity contribution < 1.29 is 9.53 Å². The molecule has 1 unspecified atom stereocenters. The number of halogens is 2. The van der Waals surface area contributed by atoms with Gasteiger partial charge in [0, 0.05) is 30.5 Å². The van der Waals surface area contributed by atoms with Crippen molar-refractivity contribution in [3.05, 3.63) is 57.8 Å². The summed E-state index contributed by atoms with van der Waals surface area (Å²) in [5, 5.41) is 0.907. The van der Waals surface area contributed by atoms with Crippen molar-refractivity contribution in [3.63, 3.8) is 0 Å². The molecule has 0 radical (unpaired) electrons. The number of amides is 1. The zero-order valence-corrected chi connectivity index (χ0v) is 15.6. The van der Waals surface area contributed by atoms with E-state index in [9.17, 15) is 4.79 Å². The summed E-state index contributed by atoms with van der Waals surface area (Å²) >= 11 is 12.2. The fourth-order valence-corrected chi connectivity index (χ4v) is 3.53. The van der Waals surface area contributed by atoms with Gasteiger partial charge in [-0.25, -0.2) is 0 Å². The Morgan fingerprint density at radius 1 is 1.28 bits per heavy atom. The molecule has 3 rings (SSSR count). The number of likely N-dealkylation sites (tertiary alicyclic amines) is 1. The molecule has 1 saturated heterocycles. The lowest BCUT2D eigenvalue weighted by Crippen LogP contribution is -2.42. The third-order valence-corrected chi connectivity index (χ3v) is 5.00. The minimum Gasteiger partial charge on any atom is -0.486 e. The molecule has 0 spiro atoms. The summed E-state index contributed by atoms with van der Waals surface area (Å²) in [4.78, 5) is 18.9. The Morgan fingerprint density at radius 3 is 2.76 bits per heavy atom. The van der Waals surface area contributed by atoms with E-state index in [1.165, 1.54) is 6.42 Å². The maximum Gasteiger partial charge on any atom is 0.255 e. The number of benzene rings is 1. The Labute approximate surface area is 157 Å². The van der Waals surface area contributed by atoms with Crippen molar-refractivity contribution >= 4 is 29.1 Å². The van der Waals surface area contributed by atoms with E-state index in [-0.39, 0.29) is 18.6 Å². The summed E-state index contributed by atoms with van der Waals surface area (Å²) in [6.07, 6.45) is 6.57. The SMILES string of the molecule is CC1CCCCN1C(=O)c1cncc(COc2c(Cl)cccc2Cl)c1. The third-order valence-electron chi connectivity index (χ3n) is 4.41. The van der Waals surface area contributed by atoms with Gasteiger partial charge < -0.3 is 9.64 Å². The molecule has 6 heteroatoms. The van der Waals surface area contributed by atoms with Crippen LogP contribution in [0.4, 0.5) is 0 Å². The zero-order chi connectivity index (χ0) is 17.8. The second-order valence-corrected chi connectivity index (χ2v) is 7.08. The molecule has 1 aliphatic heterocycles. The second-order valence-electron chi connectivity index (χ2n) is 6.26. The lowest BCUT2D eigenvalue weighted by Gasteiger charge is -2.33. The normalized spacial score (nSPS) is 17.4. The molecule has 2 heterocycles. The zero-order valence-electron chi connectivity index (χ0n) is 14.0. The molecule has 0 aliphatic carbocycles. The highest BCUT2D eigenvalue weighted by molar-refractivity contribution is 6.37. The Bertz CT molecular complexity index is 747. The topological polar surface area (TPSA) is 42.4 Å². The van der Waals surface area contributed by atoms with Crippen LogP contribution in [0.25, 0.3) is 0 Å². The standard InChI is InChI=1S/C19H20Cl2N2O2/c1-13-5-2-3-8-23(13)19(24)15-9-14(10-22-11-15)12-25-18-16(20)6-4-7-17(18)21/h4,6-7,9-11,13H,2-3,5,8,12H2,1H3. The molecule has 1 aromatic heterocycles. The van der Waals surface area contributed by atoms with Crippen molar-refractivity contribution in [1.82, 2.24) is 9.88 Å². The van der Waals surface area contributed by atoms with Crippen LogP contribution in [0.2, 0.25) is 10.0 Å². The summed E-state index contributed by atoms with van der Waals surface area (Å²) in [5.41, 5.74) is 1.38. The van der Waals surface area contributed by atoms with Gasteiger partial charge in [-0.15, -0.1) is 0 Å². The van der Waals surface area contributed by atoms with E-state index in [1.807, 2.05) is 11.0 Å². The number of rotatable bonds is 4. The number of hydrogen-bond donors (Lipinski definition) is 0. The number of carbonyl (C=O) groups excluding carboxylic acids is 1. The number of pyridine rings is 1. The van der Waals surface area contributed by atoms with Gasteiger partial charge >= 0.3 is 0 Å². The predicted molar refractivity (Wildman–Crippen MR) is 99.4 cm³/mol. The van der Waals surface area contributed by atoms with E-state index in [0.29, 0.717) is 21.4 Å². The molecule has 1 amide bonds. The lowest BCUT2D eigenvalue weighted by molar-refractivity contribution is 0.0635. The van der Waals surface area contributed by atoms with E-state index in [0.717, 1.165) is 24.9 Å². The molecule has 2 aromatic rings. The second kappa shape index (κ2) is 8.07. The first-order valence-electron chi connectivity index (χ1n) is 8.38. The fourth-order valence-electron chi connectivity index (χ4n) is 3.03. The van der Waals surface area contributed by atoms with Gasteiger partial charge in [-0.2, -0.15) is 0 Å². The summed E-state index contributed by atoms with van der Waals surface area (Å²) in [5.74, 6) is 0.463. The van der Waals surface area contributed by atoms with Crippen LogP contribution in [0.15, 0.2) is 36.7 Å². The van der Waals surface area contributed by atoms with Crippen molar-refractivity contribution in [2.75, 3.05) is 6.54 Å². The van der Waals surface area contributed by atoms with Crippen LogP contribution in [-0.4, -0.2) is 28.4 Å². The predicted octanol–water partition coefficient (Wildman–Crippen LogP) is 4.98. The number of nitrogens with zero attached hydrogens (tertiary/aromatic N) is 2. The van der Waals surface area contributed by atoms with Gasteiger partial charge in [0.2, 0.25) is 0 Å². The summed E-state index contributed by atoms with van der Waals surface area (Å²) in [7, 11) is 0. The van der Waals surface area contributed by atoms with E-state index in [4.69, 9.17) is 27.9 Å². The molecule has 0 N–H and O–H groups in total. The fraction of sp³-hybridized carbons (Fsp3) is 0.368. The van der Waals surface area contributed by atoms with Gasteiger partial charge in [0.1, 0.15) is 6.61 Å². The van der Waals surface area contributed by atoms with Crippen molar-refractivity contribution in [2.45, 2.75) is 38.8 Å². The first-order valence-corrected chi connectivity index (χ1v) is 9.13. The van der Waals surface area contributed by atoms with E-state index >= 15 is 0 Å². The first-order chi connectivity index (χ1) is 12.1. The highest BCUT2D eigenvalue weighted by Gasteiger charge is 2.24. The van der Waals surface area contributed by atoms with Crippen molar-refractivity contribution in [2.24, 2.45) is 0 Å². The van der Waals surface area contributed by atoms with E-state index in [2.05, 4.69) is 11.9 Å². The van der Waals surface area contributed by atoms with Crippen LogP contribution in [0.5, 0.6) is 5.75 Å². The number of carbonyl (C=O) groups is 1. The van der Waals surface area contributed by atoms with Crippen LogP contribution < -0.4 is 4.74 Å². The van der Waals surface area contributed by atoms with Gasteiger partial charge in [0.25, 0.3) is 5.91 Å². The molecular formula is C19H20Cl2N2O2. The highest BCUT2D eigenvalue weighted by Crippen LogP contribution is 2.33. The highest BCUT2D eigenvalue weighted by atomic mass is 35.5. The van der Waals surface area contributed by atoms with Crippen LogP contribution in [0.3, 0.4) is 0 Å². The molecule has 1 fully saturated rings. The largest absolute Gasteiger partial charge is 0.486 e. The third kappa shape index (κ3) is 4.25. The first kappa shape index (κ1) is 18.0. The maximum atomic E-state index is 12.7. The molecular weight excluding hydrogens is 359 g/mol. The molecule has 132 valence electrons. The average Bonchev–Trinajstić information content (AvgIpc) is 2.61.